The Balaban J connectivity index is 1.86. The number of benzene rings is 2. The van der Waals surface area contributed by atoms with Gasteiger partial charge in [-0.1, -0.05) is 11.6 Å². The first kappa shape index (κ1) is 15.5. The van der Waals surface area contributed by atoms with Gasteiger partial charge >= 0.3 is 0 Å². The van der Waals surface area contributed by atoms with E-state index in [0.717, 1.165) is 22.5 Å². The van der Waals surface area contributed by atoms with Crippen molar-refractivity contribution in [2.75, 3.05) is 12.4 Å². The number of hydrogen-bond donors (Lipinski definition) is 1. The fourth-order valence-electron chi connectivity index (χ4n) is 2.27. The number of rotatable bonds is 4. The van der Waals surface area contributed by atoms with Crippen molar-refractivity contribution >= 4 is 28.2 Å². The quantitative estimate of drug-likeness (QED) is 0.697. The molecule has 3 nitrogen and oxygen atoms in total. The Morgan fingerprint density at radius 2 is 1.83 bits per heavy atom. The van der Waals surface area contributed by atoms with Crippen LogP contribution < -0.4 is 10.1 Å². The lowest BCUT2D eigenvalue weighted by molar-refractivity contribution is 0.415. The van der Waals surface area contributed by atoms with Crippen LogP contribution in [0.15, 0.2) is 42.5 Å². The molecule has 0 saturated heterocycles. The van der Waals surface area contributed by atoms with Crippen molar-refractivity contribution < 1.29 is 13.5 Å². The minimum atomic E-state index is -0.637. The predicted octanol–water partition coefficient (Wildman–Crippen LogP) is 4.79. The number of aromatic nitrogens is 1. The number of pyridine rings is 1. The zero-order valence-corrected chi connectivity index (χ0v) is 13.0. The van der Waals surface area contributed by atoms with Crippen LogP contribution >= 0.6 is 11.6 Å². The molecule has 6 heteroatoms. The molecule has 1 aromatic heterocycles. The van der Waals surface area contributed by atoms with Gasteiger partial charge in [-0.15, -0.1) is 0 Å². The van der Waals surface area contributed by atoms with Crippen molar-refractivity contribution in [3.8, 4) is 5.75 Å². The second kappa shape index (κ2) is 6.38. The molecule has 0 fully saturated rings. The lowest BCUT2D eigenvalue weighted by Gasteiger charge is -2.10. The first-order chi connectivity index (χ1) is 11.0. The number of ether oxygens (including phenoxy) is 1. The molecule has 0 atom stereocenters. The highest BCUT2D eigenvalue weighted by atomic mass is 35.5. The highest BCUT2D eigenvalue weighted by molar-refractivity contribution is 6.30. The number of anilines is 1. The van der Waals surface area contributed by atoms with Gasteiger partial charge in [-0.05, 0) is 30.3 Å². The van der Waals surface area contributed by atoms with Gasteiger partial charge in [-0.25, -0.2) is 13.8 Å². The fourth-order valence-corrected chi connectivity index (χ4v) is 2.48. The van der Waals surface area contributed by atoms with Crippen LogP contribution in [0.25, 0.3) is 10.9 Å². The van der Waals surface area contributed by atoms with Gasteiger partial charge < -0.3 is 10.1 Å². The molecule has 0 amide bonds. The van der Waals surface area contributed by atoms with Crippen molar-refractivity contribution in [3.05, 3.63) is 64.8 Å². The van der Waals surface area contributed by atoms with Crippen molar-refractivity contribution in [3.63, 3.8) is 0 Å². The first-order valence-electron chi connectivity index (χ1n) is 6.88. The van der Waals surface area contributed by atoms with E-state index in [9.17, 15) is 8.78 Å². The zero-order valence-electron chi connectivity index (χ0n) is 12.2. The summed E-state index contributed by atoms with van der Waals surface area (Å²) in [4.78, 5) is 4.33. The van der Waals surface area contributed by atoms with Gasteiger partial charge in [0.25, 0.3) is 0 Å². The molecule has 0 aliphatic rings. The molecule has 2 aromatic carbocycles. The maximum atomic E-state index is 13.2. The van der Waals surface area contributed by atoms with E-state index in [1.165, 1.54) is 12.1 Å². The minimum Gasteiger partial charge on any atom is -0.497 e. The summed E-state index contributed by atoms with van der Waals surface area (Å²) in [6, 6.07) is 10.6. The van der Waals surface area contributed by atoms with Crippen LogP contribution in [0.1, 0.15) is 5.56 Å². The molecule has 118 valence electrons. The smallest absolute Gasteiger partial charge is 0.134 e. The Hall–Kier alpha value is -2.40. The molecule has 0 spiro atoms. The summed E-state index contributed by atoms with van der Waals surface area (Å²) < 4.78 is 31.5. The van der Waals surface area contributed by atoms with E-state index in [2.05, 4.69) is 10.3 Å². The molecule has 0 radical (unpaired) electrons. The molecule has 23 heavy (non-hydrogen) atoms. The number of nitrogens with zero attached hydrogens (tertiary/aromatic N) is 1. The first-order valence-corrected chi connectivity index (χ1v) is 7.26. The van der Waals surface area contributed by atoms with Crippen LogP contribution in [-0.2, 0) is 6.54 Å². The van der Waals surface area contributed by atoms with Gasteiger partial charge in [0, 0.05) is 35.3 Å². The van der Waals surface area contributed by atoms with Gasteiger partial charge in [-0.3, -0.25) is 0 Å². The molecular weight excluding hydrogens is 322 g/mol. The van der Waals surface area contributed by atoms with E-state index in [0.29, 0.717) is 23.1 Å². The van der Waals surface area contributed by atoms with Gasteiger partial charge in [0.05, 0.1) is 12.6 Å². The summed E-state index contributed by atoms with van der Waals surface area (Å²) in [5.41, 5.74) is 1.79. The number of halogens is 3. The summed E-state index contributed by atoms with van der Waals surface area (Å²) in [6.45, 7) is 0.302. The lowest BCUT2D eigenvalue weighted by Crippen LogP contribution is -2.02. The third kappa shape index (κ3) is 3.51. The Bertz CT molecular complexity index is 850. The van der Waals surface area contributed by atoms with E-state index in [4.69, 9.17) is 16.3 Å². The summed E-state index contributed by atoms with van der Waals surface area (Å²) in [5.74, 6) is -0.577. The van der Waals surface area contributed by atoms with Gasteiger partial charge in [-0.2, -0.15) is 0 Å². The standard InChI is InChI=1S/C17H13ClF2N2O/c1-23-15-3-2-10-4-11(17(18)22-16(10)8-15)9-21-14-6-12(19)5-13(20)7-14/h2-8,21H,9H2,1H3. The molecule has 0 aliphatic heterocycles. The van der Waals surface area contributed by atoms with Crippen molar-refractivity contribution in [1.29, 1.82) is 0 Å². The number of hydrogen-bond acceptors (Lipinski definition) is 3. The Labute approximate surface area is 136 Å². The van der Waals surface area contributed by atoms with E-state index >= 15 is 0 Å². The van der Waals surface area contributed by atoms with Crippen LogP contribution in [-0.4, -0.2) is 12.1 Å². The second-order valence-electron chi connectivity index (χ2n) is 5.01. The van der Waals surface area contributed by atoms with Crippen molar-refractivity contribution in [2.45, 2.75) is 6.54 Å². The molecule has 0 saturated carbocycles. The van der Waals surface area contributed by atoms with Gasteiger partial charge in [0.1, 0.15) is 22.5 Å². The Morgan fingerprint density at radius 3 is 2.52 bits per heavy atom. The molecule has 0 aliphatic carbocycles. The van der Waals surface area contributed by atoms with Gasteiger partial charge in [0.15, 0.2) is 0 Å². The normalized spacial score (nSPS) is 10.8. The molecule has 0 unspecified atom stereocenters. The largest absolute Gasteiger partial charge is 0.497 e. The molecular formula is C17H13ClF2N2O. The monoisotopic (exact) mass is 334 g/mol. The van der Waals surface area contributed by atoms with E-state index in [1.807, 2.05) is 18.2 Å². The predicted molar refractivity (Wildman–Crippen MR) is 87.0 cm³/mol. The summed E-state index contributed by atoms with van der Waals surface area (Å²) in [6.07, 6.45) is 0. The van der Waals surface area contributed by atoms with Gasteiger partial charge in [0.2, 0.25) is 0 Å². The van der Waals surface area contributed by atoms with Crippen LogP contribution in [0.3, 0.4) is 0 Å². The average Bonchev–Trinajstić information content (AvgIpc) is 2.51. The van der Waals surface area contributed by atoms with Crippen molar-refractivity contribution in [1.82, 2.24) is 4.98 Å². The average molecular weight is 335 g/mol. The van der Waals surface area contributed by atoms with E-state index in [1.54, 1.807) is 13.2 Å². The summed E-state index contributed by atoms with van der Waals surface area (Å²) in [5, 5.41) is 4.17. The number of methoxy groups -OCH3 is 1. The summed E-state index contributed by atoms with van der Waals surface area (Å²) >= 11 is 6.19. The minimum absolute atomic E-state index is 0.302. The molecule has 3 aromatic rings. The summed E-state index contributed by atoms with van der Waals surface area (Å²) in [7, 11) is 1.58. The Kier molecular flexibility index (Phi) is 4.30. The Morgan fingerprint density at radius 1 is 1.09 bits per heavy atom. The SMILES string of the molecule is COc1ccc2cc(CNc3cc(F)cc(F)c3)c(Cl)nc2c1. The fraction of sp³-hybridized carbons (Fsp3) is 0.118. The molecule has 1 heterocycles. The van der Waals surface area contributed by atoms with Crippen LogP contribution in [0, 0.1) is 11.6 Å². The van der Waals surface area contributed by atoms with Crippen LogP contribution in [0.2, 0.25) is 5.15 Å². The van der Waals surface area contributed by atoms with E-state index in [-0.39, 0.29) is 0 Å². The van der Waals surface area contributed by atoms with Crippen molar-refractivity contribution in [2.24, 2.45) is 0 Å². The van der Waals surface area contributed by atoms with Crippen LogP contribution in [0.4, 0.5) is 14.5 Å². The molecule has 0 bridgehead atoms. The zero-order chi connectivity index (χ0) is 16.4. The highest BCUT2D eigenvalue weighted by Gasteiger charge is 2.07. The van der Waals surface area contributed by atoms with Crippen LogP contribution in [0.5, 0.6) is 5.75 Å². The number of nitrogens with one attached hydrogen (secondary N) is 1. The van der Waals surface area contributed by atoms with E-state index < -0.39 is 11.6 Å². The second-order valence-corrected chi connectivity index (χ2v) is 5.37. The maximum absolute atomic E-state index is 13.2. The highest BCUT2D eigenvalue weighted by Crippen LogP contribution is 2.25. The molecule has 3 rings (SSSR count). The topological polar surface area (TPSA) is 34.1 Å². The maximum Gasteiger partial charge on any atom is 0.134 e. The molecule has 1 N–H and O–H groups in total. The third-order valence-electron chi connectivity index (χ3n) is 3.40. The lowest BCUT2D eigenvalue weighted by atomic mass is 10.1. The third-order valence-corrected chi connectivity index (χ3v) is 3.72. The number of fused-ring (bicyclic) bond motifs is 1.